The molecule has 104 valence electrons. The third-order valence-electron chi connectivity index (χ3n) is 3.60. The first kappa shape index (κ1) is 13.8. The molecule has 1 aliphatic rings. The molecule has 0 amide bonds. The summed E-state index contributed by atoms with van der Waals surface area (Å²) < 4.78 is 13.8. The van der Waals surface area contributed by atoms with E-state index in [1.54, 1.807) is 18.2 Å². The Hall–Kier alpha value is -1.62. The van der Waals surface area contributed by atoms with Crippen LogP contribution in [0.4, 0.5) is 10.1 Å². The van der Waals surface area contributed by atoms with Gasteiger partial charge in [0.15, 0.2) is 0 Å². The van der Waals surface area contributed by atoms with E-state index in [-0.39, 0.29) is 18.3 Å². The van der Waals surface area contributed by atoms with E-state index in [9.17, 15) is 9.18 Å². The molecule has 4 nitrogen and oxygen atoms in total. The van der Waals surface area contributed by atoms with Crippen molar-refractivity contribution in [2.75, 3.05) is 31.6 Å². The molecule has 0 bridgehead atoms. The van der Waals surface area contributed by atoms with E-state index >= 15 is 0 Å². The summed E-state index contributed by atoms with van der Waals surface area (Å²) in [5.41, 5.74) is 0.563. The number of hydrogen-bond acceptors (Lipinski definition) is 3. The highest BCUT2D eigenvalue weighted by molar-refractivity contribution is 5.67. The Morgan fingerprint density at radius 1 is 1.42 bits per heavy atom. The molecule has 1 aromatic carbocycles. The maximum absolute atomic E-state index is 13.8. The number of benzene rings is 1. The van der Waals surface area contributed by atoms with Crippen molar-refractivity contribution in [1.82, 2.24) is 4.90 Å². The number of para-hydroxylation sites is 1. The van der Waals surface area contributed by atoms with Crippen LogP contribution in [0.15, 0.2) is 24.3 Å². The molecule has 0 spiro atoms. The van der Waals surface area contributed by atoms with Gasteiger partial charge in [-0.05, 0) is 32.1 Å². The average molecular weight is 266 g/mol. The molecule has 2 rings (SSSR count). The molecule has 1 atom stereocenters. The number of likely N-dealkylation sites (N-methyl/N-ethyl adjacent to an activating group) is 1. The number of carboxylic acids is 1. The van der Waals surface area contributed by atoms with Gasteiger partial charge in [0.2, 0.25) is 0 Å². The molecule has 5 heteroatoms. The summed E-state index contributed by atoms with van der Waals surface area (Å²) in [7, 11) is 1.93. The van der Waals surface area contributed by atoms with Crippen molar-refractivity contribution in [3.63, 3.8) is 0 Å². The largest absolute Gasteiger partial charge is 0.481 e. The Balaban J connectivity index is 2.17. The van der Waals surface area contributed by atoms with Gasteiger partial charge in [0.25, 0.3) is 0 Å². The molecule has 1 unspecified atom stereocenters. The number of halogens is 1. The predicted octanol–water partition coefficient (Wildman–Crippen LogP) is 1.81. The predicted molar refractivity (Wildman–Crippen MR) is 71.9 cm³/mol. The molecule has 1 N–H and O–H groups in total. The van der Waals surface area contributed by atoms with Crippen LogP contribution in [0.3, 0.4) is 0 Å². The van der Waals surface area contributed by atoms with Gasteiger partial charge in [-0.3, -0.25) is 4.79 Å². The number of hydrogen-bond donors (Lipinski definition) is 1. The zero-order valence-corrected chi connectivity index (χ0v) is 11.1. The van der Waals surface area contributed by atoms with Crippen molar-refractivity contribution in [2.45, 2.75) is 18.9 Å². The lowest BCUT2D eigenvalue weighted by Crippen LogP contribution is -2.40. The lowest BCUT2D eigenvalue weighted by molar-refractivity contribution is -0.138. The van der Waals surface area contributed by atoms with E-state index in [4.69, 9.17) is 5.11 Å². The van der Waals surface area contributed by atoms with Crippen LogP contribution >= 0.6 is 0 Å². The van der Waals surface area contributed by atoms with E-state index in [0.29, 0.717) is 12.2 Å². The van der Waals surface area contributed by atoms with E-state index < -0.39 is 5.97 Å². The van der Waals surface area contributed by atoms with Gasteiger partial charge in [0.05, 0.1) is 12.1 Å². The zero-order chi connectivity index (χ0) is 13.8. The molecule has 19 heavy (non-hydrogen) atoms. The highest BCUT2D eigenvalue weighted by atomic mass is 19.1. The van der Waals surface area contributed by atoms with Crippen LogP contribution < -0.4 is 4.90 Å². The van der Waals surface area contributed by atoms with Gasteiger partial charge in [-0.15, -0.1) is 0 Å². The monoisotopic (exact) mass is 266 g/mol. The third kappa shape index (κ3) is 3.44. The zero-order valence-electron chi connectivity index (χ0n) is 11.1. The fraction of sp³-hybridized carbons (Fsp3) is 0.500. The number of carboxylic acid groups (broad SMARTS) is 1. The maximum atomic E-state index is 13.8. The number of carbonyl (C=O) groups is 1. The molecule has 0 aliphatic carbocycles. The summed E-state index contributed by atoms with van der Waals surface area (Å²) in [5, 5.41) is 8.97. The molecule has 1 aromatic rings. The van der Waals surface area contributed by atoms with Crippen LogP contribution in [-0.4, -0.2) is 48.7 Å². The second-order valence-corrected chi connectivity index (χ2v) is 4.98. The Bertz CT molecular complexity index is 453. The minimum atomic E-state index is -0.813. The first-order valence-corrected chi connectivity index (χ1v) is 6.49. The lowest BCUT2D eigenvalue weighted by atomic mass is 10.1. The normalized spacial score (nSPS) is 21.2. The van der Waals surface area contributed by atoms with Gasteiger partial charge in [0, 0.05) is 19.1 Å². The van der Waals surface area contributed by atoms with E-state index in [2.05, 4.69) is 4.90 Å². The standard InChI is InChI=1S/C14H19FN2O2/c1-16-7-4-8-17(10-11(16)9-14(18)19)13-6-3-2-5-12(13)15/h2-3,5-6,11H,4,7-10H2,1H3,(H,18,19). The van der Waals surface area contributed by atoms with Crippen LogP contribution in [0.1, 0.15) is 12.8 Å². The van der Waals surface area contributed by atoms with Crippen molar-refractivity contribution in [3.8, 4) is 0 Å². The summed E-state index contributed by atoms with van der Waals surface area (Å²) in [6.45, 7) is 2.13. The fourth-order valence-corrected chi connectivity index (χ4v) is 2.53. The summed E-state index contributed by atoms with van der Waals surface area (Å²) in [4.78, 5) is 14.9. The second kappa shape index (κ2) is 6.02. The molecular formula is C14H19FN2O2. The topological polar surface area (TPSA) is 43.8 Å². The van der Waals surface area contributed by atoms with Gasteiger partial charge >= 0.3 is 5.97 Å². The van der Waals surface area contributed by atoms with Crippen LogP contribution in [0, 0.1) is 5.82 Å². The second-order valence-electron chi connectivity index (χ2n) is 4.98. The van der Waals surface area contributed by atoms with Crippen LogP contribution in [0.2, 0.25) is 0 Å². The molecule has 0 saturated carbocycles. The molecule has 1 fully saturated rings. The first-order chi connectivity index (χ1) is 9.08. The van der Waals surface area contributed by atoms with Gasteiger partial charge in [-0.2, -0.15) is 0 Å². The van der Waals surface area contributed by atoms with Gasteiger partial charge < -0.3 is 14.9 Å². The Kier molecular flexibility index (Phi) is 4.37. The molecular weight excluding hydrogens is 247 g/mol. The van der Waals surface area contributed by atoms with Crippen molar-refractivity contribution in [2.24, 2.45) is 0 Å². The Morgan fingerprint density at radius 2 is 2.16 bits per heavy atom. The molecule has 1 heterocycles. The van der Waals surface area contributed by atoms with Crippen LogP contribution in [0.25, 0.3) is 0 Å². The Morgan fingerprint density at radius 3 is 2.84 bits per heavy atom. The Labute approximate surface area is 112 Å². The minimum absolute atomic E-state index is 0.0837. The number of anilines is 1. The summed E-state index contributed by atoms with van der Waals surface area (Å²) >= 11 is 0. The van der Waals surface area contributed by atoms with E-state index in [1.807, 2.05) is 11.9 Å². The molecule has 0 aromatic heterocycles. The summed E-state index contributed by atoms with van der Waals surface area (Å²) in [6.07, 6.45) is 0.988. The molecule has 0 radical (unpaired) electrons. The van der Waals surface area contributed by atoms with Crippen LogP contribution in [0.5, 0.6) is 0 Å². The minimum Gasteiger partial charge on any atom is -0.481 e. The fourth-order valence-electron chi connectivity index (χ4n) is 2.53. The van der Waals surface area contributed by atoms with Crippen molar-refractivity contribution >= 4 is 11.7 Å². The smallest absolute Gasteiger partial charge is 0.305 e. The first-order valence-electron chi connectivity index (χ1n) is 6.49. The lowest BCUT2D eigenvalue weighted by Gasteiger charge is -2.29. The quantitative estimate of drug-likeness (QED) is 0.906. The molecule has 1 aliphatic heterocycles. The number of nitrogens with zero attached hydrogens (tertiary/aromatic N) is 2. The average Bonchev–Trinajstić information content (AvgIpc) is 2.52. The third-order valence-corrected chi connectivity index (χ3v) is 3.60. The van der Waals surface area contributed by atoms with Crippen molar-refractivity contribution in [1.29, 1.82) is 0 Å². The number of rotatable bonds is 3. The maximum Gasteiger partial charge on any atom is 0.305 e. The van der Waals surface area contributed by atoms with E-state index in [1.165, 1.54) is 6.07 Å². The highest BCUT2D eigenvalue weighted by Crippen LogP contribution is 2.22. The highest BCUT2D eigenvalue weighted by Gasteiger charge is 2.25. The summed E-state index contributed by atoms with van der Waals surface area (Å²) in [6, 6.07) is 6.57. The van der Waals surface area contributed by atoms with Gasteiger partial charge in [-0.25, -0.2) is 4.39 Å². The van der Waals surface area contributed by atoms with Crippen molar-refractivity contribution < 1.29 is 14.3 Å². The van der Waals surface area contributed by atoms with Crippen molar-refractivity contribution in [3.05, 3.63) is 30.1 Å². The van der Waals surface area contributed by atoms with Gasteiger partial charge in [-0.1, -0.05) is 12.1 Å². The SMILES string of the molecule is CN1CCCN(c2ccccc2F)CC1CC(=O)O. The molecule has 1 saturated heterocycles. The summed E-state index contributed by atoms with van der Waals surface area (Å²) in [5.74, 6) is -1.06. The number of aliphatic carboxylic acids is 1. The van der Waals surface area contributed by atoms with Gasteiger partial charge in [0.1, 0.15) is 5.82 Å². The van der Waals surface area contributed by atoms with E-state index in [0.717, 1.165) is 19.5 Å². The van der Waals surface area contributed by atoms with Crippen LogP contribution in [-0.2, 0) is 4.79 Å².